The van der Waals surface area contributed by atoms with E-state index in [1.807, 2.05) is 35.2 Å². The molecule has 1 aromatic carbocycles. The van der Waals surface area contributed by atoms with Crippen molar-refractivity contribution in [2.45, 2.75) is 76.9 Å². The molecule has 2 unspecified atom stereocenters. The first-order valence-electron chi connectivity index (χ1n) is 10.2. The first-order chi connectivity index (χ1) is 12.6. The summed E-state index contributed by atoms with van der Waals surface area (Å²) in [5.41, 5.74) is 0.611. The van der Waals surface area contributed by atoms with Crippen LogP contribution >= 0.6 is 0 Å². The molecule has 0 radical (unpaired) electrons. The summed E-state index contributed by atoms with van der Waals surface area (Å²) >= 11 is 0. The fourth-order valence-corrected chi connectivity index (χ4v) is 4.55. The summed E-state index contributed by atoms with van der Waals surface area (Å²) < 4.78 is 6.03. The Morgan fingerprint density at radius 1 is 1.04 bits per heavy atom. The SMILES string of the molecule is CC(=O)N1CCCCC1CC(OC(=O)c1ccccc1)C1CCCCC1. The third kappa shape index (κ3) is 4.87. The number of ether oxygens (including phenoxy) is 1. The zero-order chi connectivity index (χ0) is 18.4. The lowest BCUT2D eigenvalue weighted by molar-refractivity contribution is -0.133. The molecule has 1 heterocycles. The lowest BCUT2D eigenvalue weighted by Gasteiger charge is -2.39. The number of amides is 1. The van der Waals surface area contributed by atoms with Gasteiger partial charge in [0.1, 0.15) is 6.10 Å². The van der Waals surface area contributed by atoms with Crippen LogP contribution in [-0.2, 0) is 9.53 Å². The van der Waals surface area contributed by atoms with Crippen LogP contribution in [0.25, 0.3) is 0 Å². The first kappa shape index (κ1) is 18.9. The van der Waals surface area contributed by atoms with Crippen molar-refractivity contribution in [2.24, 2.45) is 5.92 Å². The van der Waals surface area contributed by atoms with Crippen molar-refractivity contribution in [2.75, 3.05) is 6.54 Å². The molecule has 1 amide bonds. The molecule has 3 rings (SSSR count). The van der Waals surface area contributed by atoms with Gasteiger partial charge in [0.15, 0.2) is 0 Å². The fraction of sp³-hybridized carbons (Fsp3) is 0.636. The molecule has 2 atom stereocenters. The molecule has 2 fully saturated rings. The number of likely N-dealkylation sites (tertiary alicyclic amines) is 1. The maximum absolute atomic E-state index is 12.7. The van der Waals surface area contributed by atoms with Gasteiger partial charge >= 0.3 is 5.97 Å². The molecule has 1 saturated carbocycles. The summed E-state index contributed by atoms with van der Waals surface area (Å²) in [5, 5.41) is 0. The van der Waals surface area contributed by atoms with Gasteiger partial charge in [-0.25, -0.2) is 4.79 Å². The maximum Gasteiger partial charge on any atom is 0.338 e. The van der Waals surface area contributed by atoms with E-state index in [1.54, 1.807) is 6.92 Å². The van der Waals surface area contributed by atoms with E-state index >= 15 is 0 Å². The predicted octanol–water partition coefficient (Wildman–Crippen LogP) is 4.58. The van der Waals surface area contributed by atoms with Gasteiger partial charge in [-0.05, 0) is 50.2 Å². The lowest BCUT2D eigenvalue weighted by Crippen LogP contribution is -2.46. The molecule has 26 heavy (non-hydrogen) atoms. The van der Waals surface area contributed by atoms with Gasteiger partial charge in [-0.3, -0.25) is 4.79 Å². The van der Waals surface area contributed by atoms with E-state index in [-0.39, 0.29) is 24.0 Å². The number of carbonyl (C=O) groups is 2. The van der Waals surface area contributed by atoms with E-state index in [9.17, 15) is 9.59 Å². The molecule has 1 aliphatic carbocycles. The molecule has 1 aliphatic heterocycles. The minimum atomic E-state index is -0.230. The zero-order valence-electron chi connectivity index (χ0n) is 15.9. The van der Waals surface area contributed by atoms with Crippen LogP contribution < -0.4 is 0 Å². The number of hydrogen-bond donors (Lipinski definition) is 0. The van der Waals surface area contributed by atoms with Gasteiger partial charge in [0.25, 0.3) is 0 Å². The van der Waals surface area contributed by atoms with Crippen molar-refractivity contribution in [3.63, 3.8) is 0 Å². The standard InChI is InChI=1S/C22H31NO3/c1-17(24)23-15-9-8-14-20(23)16-21(18-10-4-2-5-11-18)26-22(25)19-12-6-3-7-13-19/h3,6-7,12-13,18,20-21H,2,4-5,8-11,14-16H2,1H3. The Morgan fingerprint density at radius 2 is 1.73 bits per heavy atom. The fourth-order valence-electron chi connectivity index (χ4n) is 4.55. The summed E-state index contributed by atoms with van der Waals surface area (Å²) in [6.07, 6.45) is 9.89. The number of hydrogen-bond acceptors (Lipinski definition) is 3. The van der Waals surface area contributed by atoms with Crippen LogP contribution in [0, 0.1) is 5.92 Å². The van der Waals surface area contributed by atoms with E-state index in [0.29, 0.717) is 11.5 Å². The third-order valence-corrected chi connectivity index (χ3v) is 5.98. The Bertz CT molecular complexity index is 595. The largest absolute Gasteiger partial charge is 0.458 e. The second-order valence-corrected chi connectivity index (χ2v) is 7.81. The van der Waals surface area contributed by atoms with Crippen molar-refractivity contribution >= 4 is 11.9 Å². The molecular weight excluding hydrogens is 326 g/mol. The van der Waals surface area contributed by atoms with Crippen LogP contribution in [0.15, 0.2) is 30.3 Å². The minimum Gasteiger partial charge on any atom is -0.458 e. The van der Waals surface area contributed by atoms with Crippen molar-refractivity contribution in [3.05, 3.63) is 35.9 Å². The topological polar surface area (TPSA) is 46.6 Å². The highest BCUT2D eigenvalue weighted by atomic mass is 16.5. The monoisotopic (exact) mass is 357 g/mol. The van der Waals surface area contributed by atoms with Gasteiger partial charge < -0.3 is 9.64 Å². The smallest absolute Gasteiger partial charge is 0.338 e. The van der Waals surface area contributed by atoms with Crippen LogP contribution in [0.3, 0.4) is 0 Å². The summed E-state index contributed by atoms with van der Waals surface area (Å²) in [5.74, 6) is 0.338. The molecule has 0 aromatic heterocycles. The minimum absolute atomic E-state index is 0.0899. The number of piperidine rings is 1. The summed E-state index contributed by atoms with van der Waals surface area (Å²) in [4.78, 5) is 26.7. The van der Waals surface area contributed by atoms with E-state index in [0.717, 1.165) is 45.1 Å². The van der Waals surface area contributed by atoms with Crippen LogP contribution in [0.1, 0.15) is 75.1 Å². The molecule has 4 heteroatoms. The lowest BCUT2D eigenvalue weighted by atomic mass is 9.81. The van der Waals surface area contributed by atoms with E-state index < -0.39 is 0 Å². The first-order valence-corrected chi connectivity index (χ1v) is 10.2. The van der Waals surface area contributed by atoms with Crippen LogP contribution in [0.4, 0.5) is 0 Å². The highest BCUT2D eigenvalue weighted by Gasteiger charge is 2.33. The van der Waals surface area contributed by atoms with Crippen molar-refractivity contribution in [3.8, 4) is 0 Å². The number of esters is 1. The normalized spacial score (nSPS) is 22.7. The highest BCUT2D eigenvalue weighted by Crippen LogP contribution is 2.33. The quantitative estimate of drug-likeness (QED) is 0.725. The predicted molar refractivity (Wildman–Crippen MR) is 102 cm³/mol. The molecule has 142 valence electrons. The van der Waals surface area contributed by atoms with E-state index in [2.05, 4.69) is 0 Å². The maximum atomic E-state index is 12.7. The summed E-state index contributed by atoms with van der Waals surface area (Å²) in [6, 6.07) is 9.46. The molecule has 4 nitrogen and oxygen atoms in total. The molecule has 0 spiro atoms. The van der Waals surface area contributed by atoms with Crippen LogP contribution in [-0.4, -0.2) is 35.5 Å². The van der Waals surface area contributed by atoms with E-state index in [1.165, 1.54) is 19.3 Å². The molecule has 1 aromatic rings. The molecule has 0 N–H and O–H groups in total. The van der Waals surface area contributed by atoms with Crippen molar-refractivity contribution < 1.29 is 14.3 Å². The molecular formula is C22H31NO3. The summed E-state index contributed by atoms with van der Waals surface area (Å²) in [7, 11) is 0. The average molecular weight is 357 g/mol. The Kier molecular flexibility index (Phi) is 6.70. The Labute approximate surface area is 156 Å². The van der Waals surface area contributed by atoms with Crippen LogP contribution in [0.5, 0.6) is 0 Å². The van der Waals surface area contributed by atoms with Gasteiger partial charge in [0.05, 0.1) is 5.56 Å². The average Bonchev–Trinajstić information content (AvgIpc) is 2.69. The van der Waals surface area contributed by atoms with Crippen molar-refractivity contribution in [1.82, 2.24) is 4.90 Å². The second-order valence-electron chi connectivity index (χ2n) is 7.81. The van der Waals surface area contributed by atoms with Gasteiger partial charge in [-0.2, -0.15) is 0 Å². The number of nitrogens with zero attached hydrogens (tertiary/aromatic N) is 1. The van der Waals surface area contributed by atoms with Gasteiger partial charge in [0.2, 0.25) is 5.91 Å². The Balaban J connectivity index is 1.72. The van der Waals surface area contributed by atoms with Crippen molar-refractivity contribution in [1.29, 1.82) is 0 Å². The molecule has 0 bridgehead atoms. The Morgan fingerprint density at radius 3 is 2.42 bits per heavy atom. The second kappa shape index (κ2) is 9.20. The highest BCUT2D eigenvalue weighted by molar-refractivity contribution is 5.89. The molecule has 1 saturated heterocycles. The van der Waals surface area contributed by atoms with Gasteiger partial charge in [0, 0.05) is 25.9 Å². The third-order valence-electron chi connectivity index (χ3n) is 5.98. The van der Waals surface area contributed by atoms with Gasteiger partial charge in [-0.15, -0.1) is 0 Å². The van der Waals surface area contributed by atoms with E-state index in [4.69, 9.17) is 4.74 Å². The number of benzene rings is 1. The zero-order valence-corrected chi connectivity index (χ0v) is 15.9. The number of carbonyl (C=O) groups excluding carboxylic acids is 2. The number of rotatable bonds is 5. The molecule has 2 aliphatic rings. The Hall–Kier alpha value is -1.84. The van der Waals surface area contributed by atoms with Crippen LogP contribution in [0.2, 0.25) is 0 Å². The summed E-state index contributed by atoms with van der Waals surface area (Å²) in [6.45, 7) is 2.49. The van der Waals surface area contributed by atoms with Gasteiger partial charge in [-0.1, -0.05) is 37.5 Å².